The van der Waals surface area contributed by atoms with E-state index in [1.54, 1.807) is 18.2 Å². The summed E-state index contributed by atoms with van der Waals surface area (Å²) in [6.07, 6.45) is 2.91. The van der Waals surface area contributed by atoms with Crippen molar-refractivity contribution in [2.24, 2.45) is 5.73 Å². The van der Waals surface area contributed by atoms with Gasteiger partial charge in [-0.1, -0.05) is 17.7 Å². The Balaban J connectivity index is 2.39. The van der Waals surface area contributed by atoms with E-state index >= 15 is 0 Å². The number of halogens is 1. The summed E-state index contributed by atoms with van der Waals surface area (Å²) in [7, 11) is 0. The zero-order chi connectivity index (χ0) is 13.1. The van der Waals surface area contributed by atoms with Gasteiger partial charge in [-0.15, -0.1) is 0 Å². The van der Waals surface area contributed by atoms with Crippen molar-refractivity contribution in [1.82, 2.24) is 14.8 Å². The minimum absolute atomic E-state index is 0.0222. The van der Waals surface area contributed by atoms with Crippen molar-refractivity contribution in [2.75, 3.05) is 6.54 Å². The highest BCUT2D eigenvalue weighted by atomic mass is 35.5. The summed E-state index contributed by atoms with van der Waals surface area (Å²) >= 11 is 6.10. The third-order valence-electron chi connectivity index (χ3n) is 2.57. The standard InChI is InChI=1S/C11H11ClN4O2/c12-9-3-7(8(4-13)11(17)18)1-2-10(9)16-6-14-5-15-16/h1-3,5-6,8H,4,13H2,(H,17,18). The van der Waals surface area contributed by atoms with Gasteiger partial charge in [0.05, 0.1) is 16.6 Å². The van der Waals surface area contributed by atoms with Gasteiger partial charge in [0, 0.05) is 6.54 Å². The van der Waals surface area contributed by atoms with E-state index in [4.69, 9.17) is 22.4 Å². The van der Waals surface area contributed by atoms with Gasteiger partial charge in [-0.05, 0) is 17.7 Å². The molecule has 0 spiro atoms. The molecular formula is C11H11ClN4O2. The maximum Gasteiger partial charge on any atom is 0.312 e. The first-order valence-corrected chi connectivity index (χ1v) is 5.58. The Morgan fingerprint density at radius 3 is 2.83 bits per heavy atom. The molecule has 0 fully saturated rings. The van der Waals surface area contributed by atoms with Gasteiger partial charge in [0.1, 0.15) is 12.7 Å². The molecule has 6 nitrogen and oxygen atoms in total. The van der Waals surface area contributed by atoms with Crippen LogP contribution in [-0.4, -0.2) is 32.4 Å². The second-order valence-corrected chi connectivity index (χ2v) is 4.08. The number of benzene rings is 1. The molecule has 0 bridgehead atoms. The van der Waals surface area contributed by atoms with Crippen molar-refractivity contribution >= 4 is 17.6 Å². The fraction of sp³-hybridized carbons (Fsp3) is 0.182. The topological polar surface area (TPSA) is 94.0 Å². The molecule has 1 atom stereocenters. The van der Waals surface area contributed by atoms with Crippen molar-refractivity contribution in [1.29, 1.82) is 0 Å². The van der Waals surface area contributed by atoms with Crippen LogP contribution in [0.2, 0.25) is 5.02 Å². The minimum Gasteiger partial charge on any atom is -0.481 e. The van der Waals surface area contributed by atoms with Gasteiger partial charge in [-0.2, -0.15) is 5.10 Å². The quantitative estimate of drug-likeness (QED) is 0.862. The number of hydrogen-bond acceptors (Lipinski definition) is 4. The maximum atomic E-state index is 11.0. The fourth-order valence-corrected chi connectivity index (χ4v) is 1.91. The molecule has 1 unspecified atom stereocenters. The lowest BCUT2D eigenvalue weighted by atomic mass is 9.99. The van der Waals surface area contributed by atoms with Crippen molar-refractivity contribution in [2.45, 2.75) is 5.92 Å². The summed E-state index contributed by atoms with van der Waals surface area (Å²) in [6, 6.07) is 4.96. The molecule has 1 aromatic carbocycles. The Bertz CT molecular complexity index is 556. The fourth-order valence-electron chi connectivity index (χ4n) is 1.64. The van der Waals surface area contributed by atoms with E-state index < -0.39 is 11.9 Å². The van der Waals surface area contributed by atoms with Crippen LogP contribution in [0.3, 0.4) is 0 Å². The first-order valence-electron chi connectivity index (χ1n) is 5.20. The molecule has 3 N–H and O–H groups in total. The van der Waals surface area contributed by atoms with Gasteiger partial charge in [0.25, 0.3) is 0 Å². The predicted octanol–water partition coefficient (Wildman–Crippen LogP) is 1.05. The Kier molecular flexibility index (Phi) is 3.59. The number of nitrogens with zero attached hydrogens (tertiary/aromatic N) is 3. The molecule has 0 aliphatic rings. The number of carboxylic acid groups (broad SMARTS) is 1. The maximum absolute atomic E-state index is 11.0. The Hall–Kier alpha value is -1.92. The van der Waals surface area contributed by atoms with Gasteiger partial charge in [0.2, 0.25) is 0 Å². The zero-order valence-electron chi connectivity index (χ0n) is 9.32. The van der Waals surface area contributed by atoms with Crippen LogP contribution in [-0.2, 0) is 4.79 Å². The van der Waals surface area contributed by atoms with Crippen LogP contribution in [0.15, 0.2) is 30.9 Å². The monoisotopic (exact) mass is 266 g/mol. The highest BCUT2D eigenvalue weighted by Gasteiger charge is 2.19. The van der Waals surface area contributed by atoms with Crippen LogP contribution in [0.5, 0.6) is 0 Å². The molecule has 0 saturated heterocycles. The molecule has 0 saturated carbocycles. The van der Waals surface area contributed by atoms with E-state index in [0.717, 1.165) is 0 Å². The van der Waals surface area contributed by atoms with Gasteiger partial charge < -0.3 is 10.8 Å². The van der Waals surface area contributed by atoms with Gasteiger partial charge in [-0.25, -0.2) is 9.67 Å². The molecule has 2 rings (SSSR count). The van der Waals surface area contributed by atoms with Gasteiger partial charge >= 0.3 is 5.97 Å². The van der Waals surface area contributed by atoms with Crippen LogP contribution in [0.4, 0.5) is 0 Å². The van der Waals surface area contributed by atoms with Gasteiger partial charge in [0.15, 0.2) is 0 Å². The molecule has 0 radical (unpaired) electrons. The highest BCUT2D eigenvalue weighted by molar-refractivity contribution is 6.32. The highest BCUT2D eigenvalue weighted by Crippen LogP contribution is 2.25. The van der Waals surface area contributed by atoms with E-state index in [2.05, 4.69) is 10.1 Å². The largest absolute Gasteiger partial charge is 0.481 e. The lowest BCUT2D eigenvalue weighted by molar-refractivity contribution is -0.138. The van der Waals surface area contributed by atoms with Crippen LogP contribution in [0.1, 0.15) is 11.5 Å². The molecule has 18 heavy (non-hydrogen) atoms. The molecule has 2 aromatic rings. The number of rotatable bonds is 4. The van der Waals surface area contributed by atoms with Gasteiger partial charge in [-0.3, -0.25) is 4.79 Å². The average molecular weight is 267 g/mol. The number of aliphatic carboxylic acids is 1. The second kappa shape index (κ2) is 5.16. The zero-order valence-corrected chi connectivity index (χ0v) is 10.1. The van der Waals surface area contributed by atoms with E-state index in [0.29, 0.717) is 16.3 Å². The summed E-state index contributed by atoms with van der Waals surface area (Å²) in [5, 5.41) is 13.4. The summed E-state index contributed by atoms with van der Waals surface area (Å²) < 4.78 is 1.50. The molecule has 94 valence electrons. The summed E-state index contributed by atoms with van der Waals surface area (Å²) in [5.74, 6) is -1.73. The van der Waals surface area contributed by atoms with Crippen molar-refractivity contribution < 1.29 is 9.90 Å². The number of nitrogens with two attached hydrogens (primary N) is 1. The van der Waals surface area contributed by atoms with E-state index in [9.17, 15) is 4.79 Å². The Morgan fingerprint density at radius 2 is 2.33 bits per heavy atom. The lowest BCUT2D eigenvalue weighted by Crippen LogP contribution is -2.21. The molecule has 7 heteroatoms. The molecule has 1 heterocycles. The smallest absolute Gasteiger partial charge is 0.312 e. The summed E-state index contributed by atoms with van der Waals surface area (Å²) in [6.45, 7) is 0.0222. The summed E-state index contributed by atoms with van der Waals surface area (Å²) in [5.41, 5.74) is 6.64. The molecule has 0 aliphatic heterocycles. The van der Waals surface area contributed by atoms with Crippen LogP contribution >= 0.6 is 11.6 Å². The van der Waals surface area contributed by atoms with Crippen molar-refractivity contribution in [3.8, 4) is 5.69 Å². The van der Waals surface area contributed by atoms with Crippen molar-refractivity contribution in [3.05, 3.63) is 41.4 Å². The van der Waals surface area contributed by atoms with Crippen LogP contribution in [0.25, 0.3) is 5.69 Å². The Labute approximate surface area is 108 Å². The number of carbonyl (C=O) groups is 1. The number of carboxylic acids is 1. The predicted molar refractivity (Wildman–Crippen MR) is 65.8 cm³/mol. The van der Waals surface area contributed by atoms with E-state index in [-0.39, 0.29) is 6.54 Å². The van der Waals surface area contributed by atoms with E-state index in [1.807, 2.05) is 0 Å². The molecule has 0 aliphatic carbocycles. The Morgan fingerprint density at radius 1 is 1.56 bits per heavy atom. The molecular weight excluding hydrogens is 256 g/mol. The molecule has 1 aromatic heterocycles. The van der Waals surface area contributed by atoms with Crippen LogP contribution < -0.4 is 5.73 Å². The minimum atomic E-state index is -0.970. The average Bonchev–Trinajstić information content (AvgIpc) is 2.83. The van der Waals surface area contributed by atoms with Crippen molar-refractivity contribution in [3.63, 3.8) is 0 Å². The van der Waals surface area contributed by atoms with Crippen LogP contribution in [0, 0.1) is 0 Å². The molecule has 0 amide bonds. The first kappa shape index (κ1) is 12.5. The number of aromatic nitrogens is 3. The third-order valence-corrected chi connectivity index (χ3v) is 2.88. The SMILES string of the molecule is NCC(C(=O)O)c1ccc(-n2cncn2)c(Cl)c1. The lowest BCUT2D eigenvalue weighted by Gasteiger charge is -2.12. The number of hydrogen-bond donors (Lipinski definition) is 2. The van der Waals surface area contributed by atoms with E-state index in [1.165, 1.54) is 17.3 Å². The summed E-state index contributed by atoms with van der Waals surface area (Å²) in [4.78, 5) is 14.8. The third kappa shape index (κ3) is 2.34. The first-order chi connectivity index (χ1) is 8.63. The normalized spacial score (nSPS) is 12.3. The second-order valence-electron chi connectivity index (χ2n) is 3.68.